The van der Waals surface area contributed by atoms with Gasteiger partial charge in [0.15, 0.2) is 0 Å². The number of thiocarbonyl (C=S) groups is 1. The standard InChI is InChI=1S/C8H11N5O2S/c1-5-3-7(16)13-6(9-5)4-12(10-13)8(14)11(2)15/h3-4,9-10,15H,1-2H3. The van der Waals surface area contributed by atoms with Crippen LogP contribution in [0.4, 0.5) is 4.79 Å². The van der Waals surface area contributed by atoms with Crippen molar-refractivity contribution in [2.45, 2.75) is 6.92 Å². The van der Waals surface area contributed by atoms with Crippen LogP contribution in [0.15, 0.2) is 23.8 Å². The summed E-state index contributed by atoms with van der Waals surface area (Å²) in [5, 5.41) is 15.2. The summed E-state index contributed by atoms with van der Waals surface area (Å²) in [5.74, 6) is 0.639. The van der Waals surface area contributed by atoms with E-state index in [1.54, 1.807) is 6.08 Å². The Morgan fingerprint density at radius 1 is 1.62 bits per heavy atom. The van der Waals surface area contributed by atoms with E-state index in [9.17, 15) is 4.79 Å². The maximum absolute atomic E-state index is 11.5. The Hall–Kier alpha value is -1.64. The fraction of sp³-hybridized carbons (Fsp3) is 0.250. The summed E-state index contributed by atoms with van der Waals surface area (Å²) in [7, 11) is 1.25. The zero-order chi connectivity index (χ0) is 11.9. The number of hydrazine groups is 2. The first kappa shape index (κ1) is 10.9. The summed E-state index contributed by atoms with van der Waals surface area (Å²) in [6, 6.07) is -0.607. The van der Waals surface area contributed by atoms with Gasteiger partial charge in [0.2, 0.25) is 0 Å². The summed E-state index contributed by atoms with van der Waals surface area (Å²) < 4.78 is 0. The van der Waals surface area contributed by atoms with Gasteiger partial charge in [0, 0.05) is 12.7 Å². The van der Waals surface area contributed by atoms with Crippen LogP contribution in [0.2, 0.25) is 0 Å². The molecule has 2 heterocycles. The highest BCUT2D eigenvalue weighted by atomic mass is 32.1. The first-order chi connectivity index (χ1) is 7.49. The number of allylic oxidation sites excluding steroid dienone is 1. The lowest BCUT2D eigenvalue weighted by Gasteiger charge is -2.27. The van der Waals surface area contributed by atoms with Gasteiger partial charge in [0.25, 0.3) is 0 Å². The monoisotopic (exact) mass is 241 g/mol. The lowest BCUT2D eigenvalue weighted by atomic mass is 10.3. The number of urea groups is 1. The molecule has 0 bridgehead atoms. The minimum Gasteiger partial charge on any atom is -0.343 e. The number of hydrogen-bond acceptors (Lipinski definition) is 5. The average Bonchev–Trinajstić information content (AvgIpc) is 2.60. The summed E-state index contributed by atoms with van der Waals surface area (Å²) in [4.78, 5) is 12.0. The number of hydroxylamine groups is 2. The fourth-order valence-corrected chi connectivity index (χ4v) is 1.68. The first-order valence-corrected chi connectivity index (χ1v) is 4.93. The third-order valence-electron chi connectivity index (χ3n) is 2.07. The quantitative estimate of drug-likeness (QED) is 0.317. The number of fused-ring (bicyclic) bond motifs is 1. The molecule has 0 unspecified atom stereocenters. The van der Waals surface area contributed by atoms with Gasteiger partial charge in [-0.1, -0.05) is 12.2 Å². The zero-order valence-corrected chi connectivity index (χ0v) is 9.58. The Bertz CT molecular complexity index is 417. The molecule has 16 heavy (non-hydrogen) atoms. The largest absolute Gasteiger partial charge is 0.363 e. The smallest absolute Gasteiger partial charge is 0.343 e. The Labute approximate surface area is 97.5 Å². The second kappa shape index (κ2) is 3.74. The van der Waals surface area contributed by atoms with Crippen molar-refractivity contribution in [1.82, 2.24) is 25.9 Å². The van der Waals surface area contributed by atoms with Crippen LogP contribution in [-0.4, -0.2) is 38.4 Å². The molecule has 86 valence electrons. The summed E-state index contributed by atoms with van der Waals surface area (Å²) >= 11 is 5.12. The van der Waals surface area contributed by atoms with Crippen molar-refractivity contribution in [2.75, 3.05) is 7.05 Å². The van der Waals surface area contributed by atoms with Gasteiger partial charge in [-0.2, -0.15) is 0 Å². The number of carbonyl (C=O) groups is 1. The van der Waals surface area contributed by atoms with Gasteiger partial charge in [-0.05, 0) is 13.0 Å². The van der Waals surface area contributed by atoms with Crippen LogP contribution < -0.4 is 10.9 Å². The number of amides is 2. The highest BCUT2D eigenvalue weighted by molar-refractivity contribution is 7.80. The predicted octanol–water partition coefficient (Wildman–Crippen LogP) is 0.0979. The molecule has 0 aromatic carbocycles. The van der Waals surface area contributed by atoms with Crippen molar-refractivity contribution < 1.29 is 10.0 Å². The SMILES string of the molecule is CC1=CC(=S)N2NN(C(=O)N(C)O)C=C2N1. The Morgan fingerprint density at radius 2 is 2.31 bits per heavy atom. The molecule has 0 radical (unpaired) electrons. The van der Waals surface area contributed by atoms with Gasteiger partial charge in [-0.15, -0.1) is 5.53 Å². The number of nitrogens with zero attached hydrogens (tertiary/aromatic N) is 3. The molecule has 2 aliphatic rings. The van der Waals surface area contributed by atoms with E-state index in [1.165, 1.54) is 18.3 Å². The molecule has 2 aliphatic heterocycles. The van der Waals surface area contributed by atoms with Gasteiger partial charge in [-0.25, -0.2) is 19.9 Å². The summed E-state index contributed by atoms with van der Waals surface area (Å²) in [6.07, 6.45) is 3.27. The molecule has 0 aromatic heterocycles. The molecule has 0 aromatic rings. The molecule has 2 rings (SSSR count). The highest BCUT2D eigenvalue weighted by Gasteiger charge is 2.30. The maximum atomic E-state index is 11.5. The van der Waals surface area contributed by atoms with Crippen molar-refractivity contribution in [3.8, 4) is 0 Å². The van der Waals surface area contributed by atoms with E-state index in [1.807, 2.05) is 6.92 Å². The van der Waals surface area contributed by atoms with Crippen LogP contribution in [0.3, 0.4) is 0 Å². The lowest BCUT2D eigenvalue weighted by Crippen LogP contribution is -2.50. The third-order valence-corrected chi connectivity index (χ3v) is 2.37. The molecule has 0 atom stereocenters. The number of nitrogens with one attached hydrogen (secondary N) is 2. The van der Waals surface area contributed by atoms with Crippen molar-refractivity contribution in [1.29, 1.82) is 0 Å². The van der Waals surface area contributed by atoms with E-state index in [-0.39, 0.29) is 0 Å². The maximum Gasteiger partial charge on any atom is 0.363 e. The van der Waals surface area contributed by atoms with Crippen LogP contribution in [0.5, 0.6) is 0 Å². The minimum atomic E-state index is -0.607. The third kappa shape index (κ3) is 1.73. The Kier molecular flexibility index (Phi) is 2.54. The lowest BCUT2D eigenvalue weighted by molar-refractivity contribution is -0.0359. The molecule has 0 aliphatic carbocycles. The highest BCUT2D eigenvalue weighted by Crippen LogP contribution is 2.17. The molecule has 3 N–H and O–H groups in total. The van der Waals surface area contributed by atoms with Gasteiger partial charge in [-0.3, -0.25) is 5.21 Å². The van der Waals surface area contributed by atoms with Crippen LogP contribution in [-0.2, 0) is 0 Å². The van der Waals surface area contributed by atoms with E-state index in [2.05, 4.69) is 10.9 Å². The van der Waals surface area contributed by atoms with Crippen molar-refractivity contribution >= 4 is 23.2 Å². The minimum absolute atomic E-state index is 0.478. The molecule has 8 heteroatoms. The second-order valence-corrected chi connectivity index (χ2v) is 3.83. The Balaban J connectivity index is 2.19. The van der Waals surface area contributed by atoms with Crippen LogP contribution in [0.25, 0.3) is 0 Å². The Morgan fingerprint density at radius 3 is 2.94 bits per heavy atom. The first-order valence-electron chi connectivity index (χ1n) is 4.52. The van der Waals surface area contributed by atoms with Crippen LogP contribution in [0.1, 0.15) is 6.92 Å². The number of carbonyl (C=O) groups excluding carboxylic acids is 1. The van der Waals surface area contributed by atoms with E-state index in [0.29, 0.717) is 15.9 Å². The summed E-state index contributed by atoms with van der Waals surface area (Å²) in [5.41, 5.74) is 3.61. The molecule has 0 spiro atoms. The van der Waals surface area contributed by atoms with Gasteiger partial charge < -0.3 is 5.32 Å². The van der Waals surface area contributed by atoms with E-state index < -0.39 is 6.03 Å². The molecular weight excluding hydrogens is 230 g/mol. The van der Waals surface area contributed by atoms with E-state index in [4.69, 9.17) is 17.4 Å². The molecule has 0 fully saturated rings. The topological polar surface area (TPSA) is 71.1 Å². The molecule has 7 nitrogen and oxygen atoms in total. The normalized spacial score (nSPS) is 18.8. The van der Waals surface area contributed by atoms with Crippen molar-refractivity contribution in [3.05, 3.63) is 23.8 Å². The van der Waals surface area contributed by atoms with Gasteiger partial charge in [0.05, 0.1) is 6.20 Å². The van der Waals surface area contributed by atoms with Crippen molar-refractivity contribution in [3.63, 3.8) is 0 Å². The summed E-state index contributed by atoms with van der Waals surface area (Å²) in [6.45, 7) is 1.87. The fourth-order valence-electron chi connectivity index (χ4n) is 1.37. The number of rotatable bonds is 0. The van der Waals surface area contributed by atoms with Crippen molar-refractivity contribution in [2.24, 2.45) is 0 Å². The zero-order valence-electron chi connectivity index (χ0n) is 8.76. The molecule has 0 saturated carbocycles. The number of hydrogen-bond donors (Lipinski definition) is 3. The predicted molar refractivity (Wildman–Crippen MR) is 59.3 cm³/mol. The molecular formula is C8H11N5O2S. The van der Waals surface area contributed by atoms with Crippen LogP contribution >= 0.6 is 12.2 Å². The molecule has 0 saturated heterocycles. The second-order valence-electron chi connectivity index (χ2n) is 3.42. The van der Waals surface area contributed by atoms with E-state index >= 15 is 0 Å². The van der Waals surface area contributed by atoms with Crippen LogP contribution in [0, 0.1) is 0 Å². The van der Waals surface area contributed by atoms with Gasteiger partial charge >= 0.3 is 6.03 Å². The van der Waals surface area contributed by atoms with Gasteiger partial charge in [0.1, 0.15) is 10.8 Å². The molecule has 2 amide bonds. The van der Waals surface area contributed by atoms with E-state index in [0.717, 1.165) is 10.7 Å². The average molecular weight is 241 g/mol.